The van der Waals surface area contributed by atoms with Crippen molar-refractivity contribution in [2.75, 3.05) is 0 Å². The molecule has 0 unspecified atom stereocenters. The highest BCUT2D eigenvalue weighted by atomic mass is 16.1. The van der Waals surface area contributed by atoms with Crippen LogP contribution in [0.15, 0.2) is 61.2 Å². The minimum atomic E-state index is 0.0762. The van der Waals surface area contributed by atoms with E-state index in [-0.39, 0.29) is 5.91 Å². The second-order valence-electron chi connectivity index (χ2n) is 6.17. The van der Waals surface area contributed by atoms with Crippen LogP contribution in [0, 0.1) is 6.92 Å². The minimum absolute atomic E-state index is 0.0762. The van der Waals surface area contributed by atoms with E-state index in [9.17, 15) is 4.79 Å². The molecule has 2 aromatic carbocycles. The van der Waals surface area contributed by atoms with E-state index in [1.165, 1.54) is 17.5 Å². The van der Waals surface area contributed by atoms with Crippen molar-refractivity contribution in [3.8, 4) is 0 Å². The lowest BCUT2D eigenvalue weighted by Crippen LogP contribution is -2.23. The summed E-state index contributed by atoms with van der Waals surface area (Å²) < 4.78 is 1.78. The molecule has 25 heavy (non-hydrogen) atoms. The van der Waals surface area contributed by atoms with Gasteiger partial charge in [-0.2, -0.15) is 5.10 Å². The first kappa shape index (κ1) is 16.9. The van der Waals surface area contributed by atoms with Crippen molar-refractivity contribution < 1.29 is 4.79 Å². The van der Waals surface area contributed by atoms with Crippen molar-refractivity contribution >= 4 is 5.91 Å². The van der Waals surface area contributed by atoms with Gasteiger partial charge in [0.25, 0.3) is 0 Å². The van der Waals surface area contributed by atoms with E-state index in [0.717, 1.165) is 17.5 Å². The van der Waals surface area contributed by atoms with Gasteiger partial charge in [-0.15, -0.1) is 0 Å². The molecule has 0 radical (unpaired) electrons. The predicted octanol–water partition coefficient (Wildman–Crippen LogP) is 2.88. The molecule has 0 atom stereocenters. The SMILES string of the molecule is Cc1ccc(CCC(=O)NCc2ccc(Cn3cncn3)cc2)cc1. The van der Waals surface area contributed by atoms with Crippen molar-refractivity contribution in [2.45, 2.75) is 32.9 Å². The number of amides is 1. The molecular formula is C20H22N4O. The van der Waals surface area contributed by atoms with Gasteiger partial charge in [0.05, 0.1) is 6.54 Å². The highest BCUT2D eigenvalue weighted by Gasteiger charge is 2.03. The smallest absolute Gasteiger partial charge is 0.220 e. The summed E-state index contributed by atoms with van der Waals surface area (Å²) in [5, 5.41) is 7.07. The number of aromatic nitrogens is 3. The van der Waals surface area contributed by atoms with Crippen LogP contribution in [0.5, 0.6) is 0 Å². The lowest BCUT2D eigenvalue weighted by Gasteiger charge is -2.07. The number of carbonyl (C=O) groups excluding carboxylic acids is 1. The summed E-state index contributed by atoms with van der Waals surface area (Å²) in [6.45, 7) is 3.31. The van der Waals surface area contributed by atoms with Crippen LogP contribution in [0.3, 0.4) is 0 Å². The van der Waals surface area contributed by atoms with Gasteiger partial charge in [-0.1, -0.05) is 54.1 Å². The topological polar surface area (TPSA) is 59.8 Å². The molecule has 0 spiro atoms. The summed E-state index contributed by atoms with van der Waals surface area (Å²) in [4.78, 5) is 15.9. The van der Waals surface area contributed by atoms with Gasteiger partial charge in [-0.25, -0.2) is 9.67 Å². The summed E-state index contributed by atoms with van der Waals surface area (Å²) in [7, 11) is 0. The Hall–Kier alpha value is -2.95. The lowest BCUT2D eigenvalue weighted by atomic mass is 10.1. The third kappa shape index (κ3) is 5.28. The zero-order valence-corrected chi connectivity index (χ0v) is 14.4. The van der Waals surface area contributed by atoms with E-state index in [1.54, 1.807) is 11.0 Å². The Labute approximate surface area is 147 Å². The van der Waals surface area contributed by atoms with Gasteiger partial charge >= 0.3 is 0 Å². The molecule has 128 valence electrons. The van der Waals surface area contributed by atoms with E-state index < -0.39 is 0 Å². The van der Waals surface area contributed by atoms with Crippen LogP contribution in [-0.4, -0.2) is 20.7 Å². The summed E-state index contributed by atoms with van der Waals surface area (Å²) >= 11 is 0. The molecule has 5 nitrogen and oxygen atoms in total. The predicted molar refractivity (Wildman–Crippen MR) is 96.9 cm³/mol. The highest BCUT2D eigenvalue weighted by Crippen LogP contribution is 2.07. The normalized spacial score (nSPS) is 10.6. The zero-order valence-electron chi connectivity index (χ0n) is 14.4. The third-order valence-corrected chi connectivity index (χ3v) is 4.09. The Morgan fingerprint density at radius 2 is 1.68 bits per heavy atom. The van der Waals surface area contributed by atoms with Gasteiger partial charge in [0.2, 0.25) is 5.91 Å². The Bertz CT molecular complexity index is 793. The van der Waals surface area contributed by atoms with Gasteiger partial charge < -0.3 is 5.32 Å². The lowest BCUT2D eigenvalue weighted by molar-refractivity contribution is -0.121. The summed E-state index contributed by atoms with van der Waals surface area (Å²) in [5.41, 5.74) is 4.67. The minimum Gasteiger partial charge on any atom is -0.352 e. The molecule has 1 heterocycles. The third-order valence-electron chi connectivity index (χ3n) is 4.09. The Balaban J connectivity index is 1.43. The Morgan fingerprint density at radius 3 is 2.36 bits per heavy atom. The molecule has 1 aromatic heterocycles. The molecule has 0 saturated carbocycles. The first-order chi connectivity index (χ1) is 12.2. The molecule has 0 saturated heterocycles. The molecule has 0 fully saturated rings. The summed E-state index contributed by atoms with van der Waals surface area (Å²) in [6, 6.07) is 16.5. The van der Waals surface area contributed by atoms with Crippen LogP contribution >= 0.6 is 0 Å². The Kier molecular flexibility index (Phi) is 5.57. The van der Waals surface area contributed by atoms with Crippen molar-refractivity contribution in [2.24, 2.45) is 0 Å². The fraction of sp³-hybridized carbons (Fsp3) is 0.250. The van der Waals surface area contributed by atoms with Gasteiger partial charge in [-0.05, 0) is 30.0 Å². The van der Waals surface area contributed by atoms with E-state index in [4.69, 9.17) is 0 Å². The molecule has 0 aliphatic carbocycles. The van der Waals surface area contributed by atoms with Gasteiger partial charge in [-0.3, -0.25) is 4.79 Å². The molecule has 0 bridgehead atoms. The number of nitrogens with one attached hydrogen (secondary N) is 1. The van der Waals surface area contributed by atoms with E-state index in [0.29, 0.717) is 19.5 Å². The number of nitrogens with zero attached hydrogens (tertiary/aromatic N) is 3. The highest BCUT2D eigenvalue weighted by molar-refractivity contribution is 5.76. The Morgan fingerprint density at radius 1 is 1.00 bits per heavy atom. The molecule has 1 N–H and O–H groups in total. The van der Waals surface area contributed by atoms with Crippen molar-refractivity contribution in [1.82, 2.24) is 20.1 Å². The fourth-order valence-electron chi connectivity index (χ4n) is 2.57. The van der Waals surface area contributed by atoms with Gasteiger partial charge in [0.15, 0.2) is 0 Å². The fourth-order valence-corrected chi connectivity index (χ4v) is 2.57. The van der Waals surface area contributed by atoms with E-state index in [2.05, 4.69) is 58.7 Å². The first-order valence-corrected chi connectivity index (χ1v) is 8.41. The van der Waals surface area contributed by atoms with Crippen LogP contribution < -0.4 is 5.32 Å². The second-order valence-corrected chi connectivity index (χ2v) is 6.17. The maximum absolute atomic E-state index is 12.0. The standard InChI is InChI=1S/C20H22N4O/c1-16-2-4-17(5-3-16)10-11-20(25)22-12-18-6-8-19(9-7-18)13-24-15-21-14-23-24/h2-9,14-15H,10-13H2,1H3,(H,22,25). The zero-order chi connectivity index (χ0) is 17.5. The number of aryl methyl sites for hydroxylation is 2. The monoisotopic (exact) mass is 334 g/mol. The summed E-state index contributed by atoms with van der Waals surface area (Å²) in [5.74, 6) is 0.0762. The average molecular weight is 334 g/mol. The number of hydrogen-bond acceptors (Lipinski definition) is 3. The molecular weight excluding hydrogens is 312 g/mol. The van der Waals surface area contributed by atoms with Crippen molar-refractivity contribution in [1.29, 1.82) is 0 Å². The molecule has 0 aliphatic heterocycles. The number of carbonyl (C=O) groups is 1. The number of hydrogen-bond donors (Lipinski definition) is 1. The van der Waals surface area contributed by atoms with Crippen LogP contribution in [-0.2, 0) is 24.3 Å². The first-order valence-electron chi connectivity index (χ1n) is 8.41. The number of benzene rings is 2. The van der Waals surface area contributed by atoms with Crippen LogP contribution in [0.4, 0.5) is 0 Å². The maximum Gasteiger partial charge on any atom is 0.220 e. The molecule has 0 aliphatic rings. The van der Waals surface area contributed by atoms with Crippen LogP contribution in [0.1, 0.15) is 28.7 Å². The second kappa shape index (κ2) is 8.24. The van der Waals surface area contributed by atoms with Gasteiger partial charge in [0, 0.05) is 13.0 Å². The average Bonchev–Trinajstić information content (AvgIpc) is 3.14. The molecule has 3 aromatic rings. The molecule has 5 heteroatoms. The van der Waals surface area contributed by atoms with Gasteiger partial charge in [0.1, 0.15) is 12.7 Å². The van der Waals surface area contributed by atoms with Crippen molar-refractivity contribution in [3.63, 3.8) is 0 Å². The van der Waals surface area contributed by atoms with Crippen LogP contribution in [0.2, 0.25) is 0 Å². The summed E-state index contributed by atoms with van der Waals surface area (Å²) in [6.07, 6.45) is 4.50. The molecule has 1 amide bonds. The van der Waals surface area contributed by atoms with E-state index in [1.807, 2.05) is 12.1 Å². The largest absolute Gasteiger partial charge is 0.352 e. The van der Waals surface area contributed by atoms with E-state index >= 15 is 0 Å². The van der Waals surface area contributed by atoms with Crippen molar-refractivity contribution in [3.05, 3.63) is 83.4 Å². The number of rotatable bonds is 7. The molecule has 3 rings (SSSR count). The maximum atomic E-state index is 12.0. The quantitative estimate of drug-likeness (QED) is 0.723. The van der Waals surface area contributed by atoms with Crippen LogP contribution in [0.25, 0.3) is 0 Å².